The molecule has 0 amide bonds. The summed E-state index contributed by atoms with van der Waals surface area (Å²) in [5.74, 6) is -0.0929. The summed E-state index contributed by atoms with van der Waals surface area (Å²) in [6.07, 6.45) is 4.60. The van der Waals surface area contributed by atoms with Gasteiger partial charge in [-0.1, -0.05) is 12.1 Å². The van der Waals surface area contributed by atoms with Crippen LogP contribution in [0.3, 0.4) is 0 Å². The number of rotatable bonds is 3. The van der Waals surface area contributed by atoms with Gasteiger partial charge < -0.3 is 5.32 Å². The lowest BCUT2D eigenvalue weighted by atomic mass is 9.87. The van der Waals surface area contributed by atoms with Crippen molar-refractivity contribution in [3.05, 3.63) is 77.4 Å². The van der Waals surface area contributed by atoms with Crippen LogP contribution in [0.1, 0.15) is 35.7 Å². The summed E-state index contributed by atoms with van der Waals surface area (Å²) in [6, 6.07) is 15.7. The Hall–Kier alpha value is -3.21. The van der Waals surface area contributed by atoms with Gasteiger partial charge >= 0.3 is 0 Å². The molecule has 0 aliphatic heterocycles. The molecular formula is C23H21FN4. The SMILES string of the molecule is Cc1cc(-c2n[nH]c3ccc(NC4CCCc5c(F)cccc54)cc23)ccn1. The first-order valence-corrected chi connectivity index (χ1v) is 9.64. The highest BCUT2D eigenvalue weighted by molar-refractivity contribution is 5.94. The molecule has 0 fully saturated rings. The number of nitrogens with one attached hydrogen (secondary N) is 2. The van der Waals surface area contributed by atoms with Crippen LogP contribution in [0.25, 0.3) is 22.2 Å². The van der Waals surface area contributed by atoms with Gasteiger partial charge in [0.2, 0.25) is 0 Å². The van der Waals surface area contributed by atoms with Crippen LogP contribution in [0.15, 0.2) is 54.7 Å². The second-order valence-electron chi connectivity index (χ2n) is 7.42. The van der Waals surface area contributed by atoms with E-state index in [4.69, 9.17) is 0 Å². The molecular weight excluding hydrogens is 351 g/mol. The Kier molecular flexibility index (Phi) is 4.08. The van der Waals surface area contributed by atoms with E-state index in [1.165, 1.54) is 0 Å². The Morgan fingerprint density at radius 2 is 2.07 bits per heavy atom. The lowest BCUT2D eigenvalue weighted by molar-refractivity contribution is 0.548. The van der Waals surface area contributed by atoms with Crippen LogP contribution >= 0.6 is 0 Å². The molecule has 1 atom stereocenters. The van der Waals surface area contributed by atoms with Gasteiger partial charge in [0.1, 0.15) is 11.5 Å². The van der Waals surface area contributed by atoms with Gasteiger partial charge in [0.05, 0.1) is 11.6 Å². The molecule has 140 valence electrons. The van der Waals surface area contributed by atoms with Crippen molar-refractivity contribution in [2.75, 3.05) is 5.32 Å². The Labute approximate surface area is 162 Å². The van der Waals surface area contributed by atoms with Crippen LogP contribution in [0.4, 0.5) is 10.1 Å². The van der Waals surface area contributed by atoms with E-state index >= 15 is 0 Å². The molecule has 1 aliphatic carbocycles. The smallest absolute Gasteiger partial charge is 0.126 e. The number of aromatic amines is 1. The quantitative estimate of drug-likeness (QED) is 0.495. The number of H-pyrrole nitrogens is 1. The first kappa shape index (κ1) is 16.9. The number of hydrogen-bond acceptors (Lipinski definition) is 3. The second kappa shape index (κ2) is 6.75. The van der Waals surface area contributed by atoms with E-state index in [9.17, 15) is 4.39 Å². The predicted molar refractivity (Wildman–Crippen MR) is 110 cm³/mol. The maximum atomic E-state index is 14.2. The van der Waals surface area contributed by atoms with Crippen LogP contribution in [0.5, 0.6) is 0 Å². The first-order valence-electron chi connectivity index (χ1n) is 9.64. The Morgan fingerprint density at radius 3 is 2.96 bits per heavy atom. The third-order valence-electron chi connectivity index (χ3n) is 5.52. The number of benzene rings is 2. The lowest BCUT2D eigenvalue weighted by Gasteiger charge is -2.27. The minimum Gasteiger partial charge on any atom is -0.378 e. The highest BCUT2D eigenvalue weighted by Crippen LogP contribution is 2.35. The molecule has 4 aromatic rings. The van der Waals surface area contributed by atoms with Gasteiger partial charge in [-0.05, 0) is 73.7 Å². The van der Waals surface area contributed by atoms with Crippen LogP contribution in [0.2, 0.25) is 0 Å². The van der Waals surface area contributed by atoms with Crippen LogP contribution < -0.4 is 5.32 Å². The second-order valence-corrected chi connectivity index (χ2v) is 7.42. The van der Waals surface area contributed by atoms with Gasteiger partial charge in [-0.2, -0.15) is 5.10 Å². The molecule has 2 aromatic heterocycles. The van der Waals surface area contributed by atoms with Crippen molar-refractivity contribution in [3.63, 3.8) is 0 Å². The zero-order valence-electron chi connectivity index (χ0n) is 15.7. The topological polar surface area (TPSA) is 53.6 Å². The van der Waals surface area contributed by atoms with Crippen molar-refractivity contribution >= 4 is 16.6 Å². The van der Waals surface area contributed by atoms with Crippen LogP contribution in [0, 0.1) is 12.7 Å². The number of hydrogen-bond donors (Lipinski definition) is 2. The molecule has 1 unspecified atom stereocenters. The van der Waals surface area contributed by atoms with E-state index in [-0.39, 0.29) is 11.9 Å². The summed E-state index contributed by atoms with van der Waals surface area (Å²) < 4.78 is 14.2. The number of halogens is 1. The normalized spacial score (nSPS) is 16.1. The van der Waals surface area contributed by atoms with Crippen molar-refractivity contribution in [1.82, 2.24) is 15.2 Å². The number of aryl methyl sites for hydroxylation is 1. The Balaban J connectivity index is 1.52. The van der Waals surface area contributed by atoms with Gasteiger partial charge in [0, 0.05) is 28.5 Å². The molecule has 1 aliphatic rings. The summed E-state index contributed by atoms with van der Waals surface area (Å²) in [7, 11) is 0. The summed E-state index contributed by atoms with van der Waals surface area (Å²) in [4.78, 5) is 4.27. The molecule has 0 spiro atoms. The van der Waals surface area contributed by atoms with E-state index in [0.717, 1.165) is 63.9 Å². The number of nitrogens with zero attached hydrogens (tertiary/aromatic N) is 2. The number of fused-ring (bicyclic) bond motifs is 2. The lowest BCUT2D eigenvalue weighted by Crippen LogP contribution is -2.18. The number of anilines is 1. The number of pyridine rings is 1. The zero-order valence-corrected chi connectivity index (χ0v) is 15.7. The molecule has 0 saturated carbocycles. The number of aromatic nitrogens is 3. The van der Waals surface area contributed by atoms with Gasteiger partial charge in [-0.3, -0.25) is 10.1 Å². The molecule has 2 aromatic carbocycles. The van der Waals surface area contributed by atoms with Crippen molar-refractivity contribution < 1.29 is 4.39 Å². The van der Waals surface area contributed by atoms with Crippen LogP contribution in [-0.4, -0.2) is 15.2 Å². The van der Waals surface area contributed by atoms with Crippen LogP contribution in [-0.2, 0) is 6.42 Å². The fourth-order valence-corrected chi connectivity index (χ4v) is 4.17. The van der Waals surface area contributed by atoms with Gasteiger partial charge in [-0.15, -0.1) is 0 Å². The van der Waals surface area contributed by atoms with E-state index in [0.29, 0.717) is 0 Å². The molecule has 2 heterocycles. The van der Waals surface area contributed by atoms with Crippen molar-refractivity contribution in [2.45, 2.75) is 32.2 Å². The average Bonchev–Trinajstić information content (AvgIpc) is 3.12. The fourth-order valence-electron chi connectivity index (χ4n) is 4.17. The predicted octanol–water partition coefficient (Wildman–Crippen LogP) is 5.56. The zero-order chi connectivity index (χ0) is 19.1. The molecule has 4 nitrogen and oxygen atoms in total. The van der Waals surface area contributed by atoms with E-state index in [2.05, 4.69) is 32.6 Å². The van der Waals surface area contributed by atoms with Gasteiger partial charge in [0.25, 0.3) is 0 Å². The van der Waals surface area contributed by atoms with Gasteiger partial charge in [0.15, 0.2) is 0 Å². The minimum absolute atomic E-state index is 0.0929. The molecule has 5 rings (SSSR count). The molecule has 0 saturated heterocycles. The minimum atomic E-state index is -0.0929. The van der Waals surface area contributed by atoms with Crippen molar-refractivity contribution in [2.24, 2.45) is 0 Å². The third-order valence-corrected chi connectivity index (χ3v) is 5.52. The Bertz CT molecular complexity index is 1160. The molecule has 0 radical (unpaired) electrons. The Morgan fingerprint density at radius 1 is 1.14 bits per heavy atom. The van der Waals surface area contributed by atoms with E-state index < -0.39 is 0 Å². The summed E-state index contributed by atoms with van der Waals surface area (Å²) in [6.45, 7) is 1.98. The summed E-state index contributed by atoms with van der Waals surface area (Å²) >= 11 is 0. The van der Waals surface area contributed by atoms with Gasteiger partial charge in [-0.25, -0.2) is 4.39 Å². The maximum Gasteiger partial charge on any atom is 0.126 e. The molecule has 28 heavy (non-hydrogen) atoms. The molecule has 2 N–H and O–H groups in total. The van der Waals surface area contributed by atoms with E-state index in [1.807, 2.05) is 31.2 Å². The summed E-state index contributed by atoms with van der Waals surface area (Å²) in [5.41, 5.74) is 6.85. The largest absolute Gasteiger partial charge is 0.378 e. The average molecular weight is 372 g/mol. The monoisotopic (exact) mass is 372 g/mol. The van der Waals surface area contributed by atoms with Crippen molar-refractivity contribution in [3.8, 4) is 11.3 Å². The van der Waals surface area contributed by atoms with Crippen molar-refractivity contribution in [1.29, 1.82) is 0 Å². The highest BCUT2D eigenvalue weighted by Gasteiger charge is 2.22. The maximum absolute atomic E-state index is 14.2. The van der Waals surface area contributed by atoms with E-state index in [1.54, 1.807) is 18.3 Å². The highest BCUT2D eigenvalue weighted by atomic mass is 19.1. The summed E-state index contributed by atoms with van der Waals surface area (Å²) in [5, 5.41) is 12.3. The fraction of sp³-hybridized carbons (Fsp3) is 0.217. The third kappa shape index (κ3) is 2.93. The standard InChI is InChI=1S/C23H21FN4/c1-14-12-15(10-11-25-14)23-19-13-16(8-9-22(19)27-28-23)26-21-7-3-4-17-18(21)5-2-6-20(17)24/h2,5-6,8-13,21,26H,3-4,7H2,1H3,(H,27,28). The first-order chi connectivity index (χ1) is 13.7. The molecule has 5 heteroatoms. The molecule has 0 bridgehead atoms.